The zero-order valence-electron chi connectivity index (χ0n) is 11.4. The van der Waals surface area contributed by atoms with E-state index in [4.69, 9.17) is 0 Å². The highest BCUT2D eigenvalue weighted by Gasteiger charge is 2.08. The summed E-state index contributed by atoms with van der Waals surface area (Å²) in [4.78, 5) is 25.7. The summed E-state index contributed by atoms with van der Waals surface area (Å²) in [6, 6.07) is 10.9. The Hall–Kier alpha value is -2.14. The van der Waals surface area contributed by atoms with E-state index in [1.165, 1.54) is 11.3 Å². The second-order valence-corrected chi connectivity index (χ2v) is 5.54. The number of likely N-dealkylation sites (N-methyl/N-ethyl adjacent to an activating group) is 1. The molecule has 0 fully saturated rings. The van der Waals surface area contributed by atoms with Crippen LogP contribution in [0.5, 0.6) is 0 Å². The Morgan fingerprint density at radius 2 is 1.85 bits per heavy atom. The van der Waals surface area contributed by atoms with E-state index in [-0.39, 0.29) is 11.8 Å². The van der Waals surface area contributed by atoms with Crippen LogP contribution in [0.25, 0.3) is 0 Å². The van der Waals surface area contributed by atoms with Crippen molar-refractivity contribution in [3.05, 3.63) is 52.2 Å². The van der Waals surface area contributed by atoms with Crippen LogP contribution >= 0.6 is 11.3 Å². The van der Waals surface area contributed by atoms with Gasteiger partial charge < -0.3 is 10.2 Å². The summed E-state index contributed by atoms with van der Waals surface area (Å²) in [6.07, 6.45) is 0.367. The third-order valence-electron chi connectivity index (χ3n) is 2.81. The molecule has 1 aromatic carbocycles. The van der Waals surface area contributed by atoms with Gasteiger partial charge in [-0.1, -0.05) is 18.2 Å². The van der Waals surface area contributed by atoms with Gasteiger partial charge in [-0.05, 0) is 29.1 Å². The number of hydrogen-bond donors (Lipinski definition) is 1. The number of thiophene rings is 1. The van der Waals surface area contributed by atoms with Crippen LogP contribution in [0.3, 0.4) is 0 Å². The van der Waals surface area contributed by atoms with E-state index in [0.717, 1.165) is 11.3 Å². The third kappa shape index (κ3) is 3.68. The van der Waals surface area contributed by atoms with E-state index in [1.807, 2.05) is 35.7 Å². The number of benzene rings is 1. The van der Waals surface area contributed by atoms with Crippen LogP contribution in [0.15, 0.2) is 41.8 Å². The molecule has 2 amide bonds. The molecule has 0 unspecified atom stereocenters. The summed E-state index contributed by atoms with van der Waals surface area (Å²) in [5, 5.41) is 4.69. The fourth-order valence-corrected chi connectivity index (χ4v) is 2.26. The standard InChI is InChI=1S/C15H16N2O2S/c1-17(2)14(18)10-11-5-7-12(8-6-11)16-15(19)13-4-3-9-20-13/h3-9H,10H2,1-2H3,(H,16,19). The molecule has 5 heteroatoms. The van der Waals surface area contributed by atoms with Crippen LogP contribution < -0.4 is 5.32 Å². The zero-order chi connectivity index (χ0) is 14.5. The fraction of sp³-hybridized carbons (Fsp3) is 0.200. The molecule has 0 atom stereocenters. The molecule has 4 nitrogen and oxygen atoms in total. The SMILES string of the molecule is CN(C)C(=O)Cc1ccc(NC(=O)c2cccs2)cc1. The Labute approximate surface area is 122 Å². The maximum Gasteiger partial charge on any atom is 0.265 e. The van der Waals surface area contributed by atoms with Crippen molar-refractivity contribution in [2.24, 2.45) is 0 Å². The lowest BCUT2D eigenvalue weighted by molar-refractivity contribution is -0.127. The number of amides is 2. The minimum absolute atomic E-state index is 0.0559. The van der Waals surface area contributed by atoms with Crippen molar-refractivity contribution in [1.29, 1.82) is 0 Å². The monoisotopic (exact) mass is 288 g/mol. The summed E-state index contributed by atoms with van der Waals surface area (Å²) in [5.74, 6) is -0.0579. The molecule has 104 valence electrons. The number of anilines is 1. The average Bonchev–Trinajstić information content (AvgIpc) is 2.95. The van der Waals surface area contributed by atoms with Gasteiger partial charge in [-0.15, -0.1) is 11.3 Å². The van der Waals surface area contributed by atoms with Crippen LogP contribution in [0.2, 0.25) is 0 Å². The first-order valence-corrected chi connectivity index (χ1v) is 7.08. The normalized spacial score (nSPS) is 10.1. The molecule has 0 aliphatic carbocycles. The van der Waals surface area contributed by atoms with Gasteiger partial charge in [-0.2, -0.15) is 0 Å². The molecule has 0 saturated carbocycles. The van der Waals surface area contributed by atoms with E-state index >= 15 is 0 Å². The molecule has 2 rings (SSSR count). The minimum Gasteiger partial charge on any atom is -0.349 e. The topological polar surface area (TPSA) is 49.4 Å². The number of nitrogens with zero attached hydrogens (tertiary/aromatic N) is 1. The molecule has 1 N–H and O–H groups in total. The molecular weight excluding hydrogens is 272 g/mol. The Bertz CT molecular complexity index is 589. The quantitative estimate of drug-likeness (QED) is 0.940. The number of carbonyl (C=O) groups excluding carboxylic acids is 2. The molecule has 0 bridgehead atoms. The van der Waals surface area contributed by atoms with Gasteiger partial charge in [0.15, 0.2) is 0 Å². The number of carbonyl (C=O) groups is 2. The largest absolute Gasteiger partial charge is 0.349 e. The Kier molecular flexibility index (Phi) is 4.53. The van der Waals surface area contributed by atoms with Crippen molar-refractivity contribution >= 4 is 28.8 Å². The summed E-state index contributed by atoms with van der Waals surface area (Å²) in [7, 11) is 3.47. The van der Waals surface area contributed by atoms with Crippen LogP contribution in [0, 0.1) is 0 Å². The molecule has 0 aliphatic rings. The summed E-state index contributed by atoms with van der Waals surface area (Å²) in [5.41, 5.74) is 1.65. The molecule has 2 aromatic rings. The molecular formula is C15H16N2O2S. The first-order chi connectivity index (χ1) is 9.56. The summed E-state index contributed by atoms with van der Waals surface area (Å²) < 4.78 is 0. The second kappa shape index (κ2) is 6.34. The molecule has 20 heavy (non-hydrogen) atoms. The number of hydrogen-bond acceptors (Lipinski definition) is 3. The van der Waals surface area contributed by atoms with Crippen molar-refractivity contribution < 1.29 is 9.59 Å². The van der Waals surface area contributed by atoms with E-state index < -0.39 is 0 Å². The van der Waals surface area contributed by atoms with Crippen molar-refractivity contribution in [1.82, 2.24) is 4.90 Å². The lowest BCUT2D eigenvalue weighted by atomic mass is 10.1. The average molecular weight is 288 g/mol. The van der Waals surface area contributed by atoms with Gasteiger partial charge in [-0.3, -0.25) is 9.59 Å². The van der Waals surface area contributed by atoms with Gasteiger partial charge in [0.2, 0.25) is 5.91 Å². The van der Waals surface area contributed by atoms with Crippen molar-refractivity contribution in [2.75, 3.05) is 19.4 Å². The fourth-order valence-electron chi connectivity index (χ4n) is 1.64. The predicted octanol–water partition coefficient (Wildman–Crippen LogP) is 2.63. The van der Waals surface area contributed by atoms with Crippen molar-refractivity contribution in [3.63, 3.8) is 0 Å². The highest BCUT2D eigenvalue weighted by atomic mass is 32.1. The number of nitrogens with one attached hydrogen (secondary N) is 1. The summed E-state index contributed by atoms with van der Waals surface area (Å²) in [6.45, 7) is 0. The summed E-state index contributed by atoms with van der Waals surface area (Å²) >= 11 is 1.40. The van der Waals surface area contributed by atoms with Crippen molar-refractivity contribution in [2.45, 2.75) is 6.42 Å². The Morgan fingerprint density at radius 3 is 2.40 bits per heavy atom. The zero-order valence-corrected chi connectivity index (χ0v) is 12.2. The lowest BCUT2D eigenvalue weighted by Gasteiger charge is -2.10. The van der Waals surface area contributed by atoms with Gasteiger partial charge in [0.25, 0.3) is 5.91 Å². The molecule has 1 aromatic heterocycles. The maximum atomic E-state index is 11.9. The molecule has 0 aliphatic heterocycles. The highest BCUT2D eigenvalue weighted by molar-refractivity contribution is 7.12. The van der Waals surface area contributed by atoms with E-state index in [2.05, 4.69) is 5.32 Å². The maximum absolute atomic E-state index is 11.9. The third-order valence-corrected chi connectivity index (χ3v) is 3.68. The number of rotatable bonds is 4. The first-order valence-electron chi connectivity index (χ1n) is 6.20. The van der Waals surface area contributed by atoms with Crippen LogP contribution in [-0.4, -0.2) is 30.8 Å². The van der Waals surface area contributed by atoms with Gasteiger partial charge in [0, 0.05) is 19.8 Å². The Morgan fingerprint density at radius 1 is 1.15 bits per heavy atom. The molecule has 0 spiro atoms. The van der Waals surface area contributed by atoms with Gasteiger partial charge >= 0.3 is 0 Å². The van der Waals surface area contributed by atoms with Crippen LogP contribution in [0.4, 0.5) is 5.69 Å². The second-order valence-electron chi connectivity index (χ2n) is 4.59. The molecule has 0 radical (unpaired) electrons. The predicted molar refractivity (Wildman–Crippen MR) is 81.1 cm³/mol. The Balaban J connectivity index is 1.98. The lowest BCUT2D eigenvalue weighted by Crippen LogP contribution is -2.23. The van der Waals surface area contributed by atoms with Crippen LogP contribution in [-0.2, 0) is 11.2 Å². The van der Waals surface area contributed by atoms with E-state index in [1.54, 1.807) is 25.1 Å². The minimum atomic E-state index is -0.114. The van der Waals surface area contributed by atoms with E-state index in [0.29, 0.717) is 11.3 Å². The van der Waals surface area contributed by atoms with Gasteiger partial charge in [-0.25, -0.2) is 0 Å². The van der Waals surface area contributed by atoms with Crippen molar-refractivity contribution in [3.8, 4) is 0 Å². The van der Waals surface area contributed by atoms with Gasteiger partial charge in [0.05, 0.1) is 11.3 Å². The first kappa shape index (κ1) is 14.3. The molecule has 0 saturated heterocycles. The van der Waals surface area contributed by atoms with Gasteiger partial charge in [0.1, 0.15) is 0 Å². The molecule has 1 heterocycles. The highest BCUT2D eigenvalue weighted by Crippen LogP contribution is 2.14. The smallest absolute Gasteiger partial charge is 0.265 e. The van der Waals surface area contributed by atoms with Crippen LogP contribution in [0.1, 0.15) is 15.2 Å². The van der Waals surface area contributed by atoms with E-state index in [9.17, 15) is 9.59 Å².